The fourth-order valence-electron chi connectivity index (χ4n) is 3.51. The zero-order valence-corrected chi connectivity index (χ0v) is 11.7. The van der Waals surface area contributed by atoms with Gasteiger partial charge in [-0.1, -0.05) is 45.4 Å². The average Bonchev–Trinajstić information content (AvgIpc) is 2.38. The first kappa shape index (κ1) is 13.9. The van der Waals surface area contributed by atoms with Gasteiger partial charge in [0, 0.05) is 6.54 Å². The Morgan fingerprint density at radius 2 is 1.83 bits per heavy atom. The molecule has 0 aliphatic heterocycles. The van der Waals surface area contributed by atoms with E-state index in [9.17, 15) is 4.79 Å². The summed E-state index contributed by atoms with van der Waals surface area (Å²) in [5, 5.41) is 3.13. The fraction of sp³-hybridized carbons (Fsp3) is 0.933. The van der Waals surface area contributed by atoms with Crippen LogP contribution in [0.2, 0.25) is 0 Å². The van der Waals surface area contributed by atoms with Crippen LogP contribution >= 0.6 is 0 Å². The fourth-order valence-corrected chi connectivity index (χ4v) is 3.51. The number of hydrogen-bond acceptors (Lipinski definition) is 2. The lowest BCUT2D eigenvalue weighted by Crippen LogP contribution is -2.55. The molecule has 2 atom stereocenters. The highest BCUT2D eigenvalue weighted by molar-refractivity contribution is 5.86. The van der Waals surface area contributed by atoms with Crippen LogP contribution in [0.5, 0.6) is 0 Å². The zero-order valence-electron chi connectivity index (χ0n) is 11.7. The van der Waals surface area contributed by atoms with Gasteiger partial charge in [-0.25, -0.2) is 0 Å². The summed E-state index contributed by atoms with van der Waals surface area (Å²) in [4.78, 5) is 12.2. The molecule has 2 unspecified atom stereocenters. The van der Waals surface area contributed by atoms with Crippen molar-refractivity contribution in [2.75, 3.05) is 6.54 Å². The van der Waals surface area contributed by atoms with E-state index in [1.54, 1.807) is 0 Å². The number of nitrogens with one attached hydrogen (secondary N) is 1. The van der Waals surface area contributed by atoms with Gasteiger partial charge in [0.1, 0.15) is 0 Å². The Hall–Kier alpha value is -0.570. The van der Waals surface area contributed by atoms with Crippen molar-refractivity contribution in [3.63, 3.8) is 0 Å². The second-order valence-electron chi connectivity index (χ2n) is 6.45. The Morgan fingerprint density at radius 1 is 1.17 bits per heavy atom. The molecule has 0 aromatic heterocycles. The summed E-state index contributed by atoms with van der Waals surface area (Å²) in [6, 6.07) is 0. The lowest BCUT2D eigenvalue weighted by atomic mass is 9.79. The summed E-state index contributed by atoms with van der Waals surface area (Å²) in [7, 11) is 0. The highest BCUT2D eigenvalue weighted by atomic mass is 16.2. The monoisotopic (exact) mass is 252 g/mol. The van der Waals surface area contributed by atoms with Gasteiger partial charge < -0.3 is 11.1 Å². The molecule has 0 saturated heterocycles. The van der Waals surface area contributed by atoms with Crippen molar-refractivity contribution >= 4 is 5.91 Å². The summed E-state index contributed by atoms with van der Waals surface area (Å²) in [5.74, 6) is 1.51. The van der Waals surface area contributed by atoms with Gasteiger partial charge in [0.2, 0.25) is 5.91 Å². The molecule has 0 bridgehead atoms. The Morgan fingerprint density at radius 3 is 2.50 bits per heavy atom. The van der Waals surface area contributed by atoms with Crippen LogP contribution in [0.4, 0.5) is 0 Å². The van der Waals surface area contributed by atoms with Crippen LogP contribution in [0, 0.1) is 11.8 Å². The molecule has 2 saturated carbocycles. The lowest BCUT2D eigenvalue weighted by molar-refractivity contribution is -0.127. The molecule has 1 amide bonds. The van der Waals surface area contributed by atoms with Crippen LogP contribution in [0.25, 0.3) is 0 Å². The Bertz CT molecular complexity index is 284. The van der Waals surface area contributed by atoms with Gasteiger partial charge >= 0.3 is 0 Å². The molecule has 2 fully saturated rings. The molecular formula is C15H28N2O. The summed E-state index contributed by atoms with van der Waals surface area (Å²) >= 11 is 0. The first-order valence-electron chi connectivity index (χ1n) is 7.69. The third-order valence-corrected chi connectivity index (χ3v) is 5.01. The third-order valence-electron chi connectivity index (χ3n) is 5.01. The normalized spacial score (nSPS) is 31.9. The Balaban J connectivity index is 1.80. The topological polar surface area (TPSA) is 55.1 Å². The highest BCUT2D eigenvalue weighted by Gasteiger charge is 2.35. The van der Waals surface area contributed by atoms with Gasteiger partial charge in [-0.3, -0.25) is 4.79 Å². The van der Waals surface area contributed by atoms with Crippen LogP contribution in [-0.4, -0.2) is 18.0 Å². The van der Waals surface area contributed by atoms with E-state index in [-0.39, 0.29) is 5.91 Å². The molecule has 0 aromatic carbocycles. The molecule has 2 aliphatic rings. The molecular weight excluding hydrogens is 224 g/mol. The summed E-state index contributed by atoms with van der Waals surface area (Å²) in [6.45, 7) is 3.15. The van der Waals surface area contributed by atoms with E-state index in [1.165, 1.54) is 32.1 Å². The van der Waals surface area contributed by atoms with Gasteiger partial charge in [0.25, 0.3) is 0 Å². The first-order valence-corrected chi connectivity index (χ1v) is 7.69. The molecule has 0 aromatic rings. The minimum atomic E-state index is -0.573. The van der Waals surface area contributed by atoms with E-state index in [2.05, 4.69) is 12.2 Å². The second-order valence-corrected chi connectivity index (χ2v) is 6.45. The zero-order chi connectivity index (χ0) is 13.0. The summed E-state index contributed by atoms with van der Waals surface area (Å²) in [5.41, 5.74) is 5.67. The molecule has 2 rings (SSSR count). The molecule has 2 aliphatic carbocycles. The van der Waals surface area contributed by atoms with Crippen LogP contribution in [-0.2, 0) is 4.79 Å². The minimum absolute atomic E-state index is 0.0972. The molecule has 104 valence electrons. The smallest absolute Gasteiger partial charge is 0.240 e. The number of hydrogen-bond donors (Lipinski definition) is 2. The van der Waals surface area contributed by atoms with E-state index in [0.717, 1.165) is 38.1 Å². The van der Waals surface area contributed by atoms with Crippen molar-refractivity contribution in [2.24, 2.45) is 17.6 Å². The molecule has 3 nitrogen and oxygen atoms in total. The molecule has 18 heavy (non-hydrogen) atoms. The predicted molar refractivity (Wildman–Crippen MR) is 74.1 cm³/mol. The van der Waals surface area contributed by atoms with Crippen molar-refractivity contribution in [1.29, 1.82) is 0 Å². The van der Waals surface area contributed by atoms with Crippen LogP contribution in [0.15, 0.2) is 0 Å². The van der Waals surface area contributed by atoms with Gasteiger partial charge in [-0.15, -0.1) is 0 Å². The van der Waals surface area contributed by atoms with E-state index < -0.39 is 5.54 Å². The van der Waals surface area contributed by atoms with Gasteiger partial charge in [0.05, 0.1) is 5.54 Å². The number of carbonyl (C=O) groups is 1. The van der Waals surface area contributed by atoms with Gasteiger partial charge in [-0.2, -0.15) is 0 Å². The van der Waals surface area contributed by atoms with E-state index in [1.807, 2.05) is 0 Å². The number of carbonyl (C=O) groups excluding carboxylic acids is 1. The van der Waals surface area contributed by atoms with Crippen LogP contribution in [0.3, 0.4) is 0 Å². The van der Waals surface area contributed by atoms with Crippen molar-refractivity contribution < 1.29 is 4.79 Å². The van der Waals surface area contributed by atoms with Crippen molar-refractivity contribution in [1.82, 2.24) is 5.32 Å². The molecule has 0 heterocycles. The van der Waals surface area contributed by atoms with Gasteiger partial charge in [0.15, 0.2) is 0 Å². The quantitative estimate of drug-likeness (QED) is 0.811. The number of rotatable bonds is 3. The third kappa shape index (κ3) is 3.25. The second kappa shape index (κ2) is 6.05. The van der Waals surface area contributed by atoms with Crippen molar-refractivity contribution in [3.8, 4) is 0 Å². The minimum Gasteiger partial charge on any atom is -0.354 e. The van der Waals surface area contributed by atoms with Crippen molar-refractivity contribution in [2.45, 2.75) is 70.3 Å². The number of amides is 1. The van der Waals surface area contributed by atoms with Crippen LogP contribution in [0.1, 0.15) is 64.7 Å². The van der Waals surface area contributed by atoms with Gasteiger partial charge in [-0.05, 0) is 31.1 Å². The Labute approximate surface area is 111 Å². The summed E-state index contributed by atoms with van der Waals surface area (Å²) in [6.07, 6.45) is 10.4. The van der Waals surface area contributed by atoms with Crippen LogP contribution < -0.4 is 11.1 Å². The first-order chi connectivity index (χ1) is 8.62. The molecule has 3 heteroatoms. The standard InChI is InChI=1S/C15H28N2O/c1-12-7-3-4-8-13(12)11-17-14(18)15(16)9-5-2-6-10-15/h12-13H,2-11,16H2,1H3,(H,17,18). The van der Waals surface area contributed by atoms with Crippen molar-refractivity contribution in [3.05, 3.63) is 0 Å². The maximum atomic E-state index is 12.2. The highest BCUT2D eigenvalue weighted by Crippen LogP contribution is 2.30. The lowest BCUT2D eigenvalue weighted by Gasteiger charge is -2.34. The molecule has 0 radical (unpaired) electrons. The maximum Gasteiger partial charge on any atom is 0.240 e. The SMILES string of the molecule is CC1CCCCC1CNC(=O)C1(N)CCCCC1. The van der Waals surface area contributed by atoms with E-state index in [0.29, 0.717) is 5.92 Å². The number of nitrogens with two attached hydrogens (primary N) is 1. The maximum absolute atomic E-state index is 12.2. The molecule has 0 spiro atoms. The predicted octanol–water partition coefficient (Wildman–Crippen LogP) is 2.59. The largest absolute Gasteiger partial charge is 0.354 e. The van der Waals surface area contributed by atoms with E-state index >= 15 is 0 Å². The summed E-state index contributed by atoms with van der Waals surface area (Å²) < 4.78 is 0. The van der Waals surface area contributed by atoms with E-state index in [4.69, 9.17) is 5.73 Å². The Kier molecular flexibility index (Phi) is 4.66. The molecule has 3 N–H and O–H groups in total. The average molecular weight is 252 g/mol.